The van der Waals surface area contributed by atoms with Gasteiger partial charge in [0.05, 0.1) is 18.5 Å². The quantitative estimate of drug-likeness (QED) is 0.432. The summed E-state index contributed by atoms with van der Waals surface area (Å²) in [4.78, 5) is 19.7. The fourth-order valence-electron chi connectivity index (χ4n) is 3.65. The van der Waals surface area contributed by atoms with Gasteiger partial charge in [-0.1, -0.05) is 30.7 Å². The Labute approximate surface area is 186 Å². The summed E-state index contributed by atoms with van der Waals surface area (Å²) in [7, 11) is 1.64. The van der Waals surface area contributed by atoms with E-state index in [1.165, 1.54) is 10.1 Å². The number of halogens is 1. The van der Waals surface area contributed by atoms with E-state index in [1.54, 1.807) is 13.2 Å². The lowest BCUT2D eigenvalue weighted by Crippen LogP contribution is -2.26. The smallest absolute Gasteiger partial charge is 0.272 e. The van der Waals surface area contributed by atoms with Crippen molar-refractivity contribution in [2.45, 2.75) is 26.4 Å². The van der Waals surface area contributed by atoms with Gasteiger partial charge in [-0.3, -0.25) is 14.8 Å². The maximum absolute atomic E-state index is 12.7. The molecule has 0 atom stereocenters. The molecule has 0 saturated heterocycles. The van der Waals surface area contributed by atoms with E-state index in [0.29, 0.717) is 12.2 Å². The zero-order valence-corrected chi connectivity index (χ0v) is 18.4. The van der Waals surface area contributed by atoms with Gasteiger partial charge in [-0.05, 0) is 60.5 Å². The molecule has 2 aromatic heterocycles. The lowest BCUT2D eigenvalue weighted by molar-refractivity contribution is 0.254. The average Bonchev–Trinajstić information content (AvgIpc) is 3.20. The molecule has 4 aromatic rings. The van der Waals surface area contributed by atoms with Gasteiger partial charge in [-0.25, -0.2) is 9.50 Å². The van der Waals surface area contributed by atoms with Crippen molar-refractivity contribution in [2.24, 2.45) is 0 Å². The van der Waals surface area contributed by atoms with Crippen LogP contribution in [0.1, 0.15) is 24.6 Å². The fraction of sp³-hybridized carbons (Fsp3) is 0.250. The molecule has 7 heteroatoms. The number of aromatic nitrogens is 3. The Balaban J connectivity index is 1.59. The van der Waals surface area contributed by atoms with Crippen LogP contribution in [0.25, 0.3) is 16.9 Å². The number of ether oxygens (including phenoxy) is 1. The summed E-state index contributed by atoms with van der Waals surface area (Å²) in [5.41, 5.74) is 4.21. The van der Waals surface area contributed by atoms with Crippen molar-refractivity contribution in [1.82, 2.24) is 19.5 Å². The Morgan fingerprint density at radius 3 is 2.48 bits per heavy atom. The Bertz CT molecular complexity index is 1210. The van der Waals surface area contributed by atoms with Gasteiger partial charge in [-0.2, -0.15) is 0 Å². The van der Waals surface area contributed by atoms with Gasteiger partial charge in [0.25, 0.3) is 5.56 Å². The van der Waals surface area contributed by atoms with Crippen molar-refractivity contribution < 1.29 is 4.74 Å². The molecule has 31 heavy (non-hydrogen) atoms. The number of fused-ring (bicyclic) bond motifs is 1. The van der Waals surface area contributed by atoms with Gasteiger partial charge in [0, 0.05) is 30.2 Å². The first-order valence-corrected chi connectivity index (χ1v) is 10.7. The first kappa shape index (κ1) is 21.2. The zero-order valence-electron chi connectivity index (χ0n) is 17.6. The topological polar surface area (TPSA) is 62.6 Å². The number of nitrogens with zero attached hydrogens (tertiary/aromatic N) is 3. The van der Waals surface area contributed by atoms with Gasteiger partial charge in [-0.15, -0.1) is 0 Å². The van der Waals surface area contributed by atoms with Crippen molar-refractivity contribution >= 4 is 17.2 Å². The molecule has 0 aliphatic rings. The maximum atomic E-state index is 12.7. The van der Waals surface area contributed by atoms with Crippen molar-refractivity contribution in [1.29, 1.82) is 0 Å². The summed E-state index contributed by atoms with van der Waals surface area (Å²) in [6.07, 6.45) is 1.01. The highest BCUT2D eigenvalue weighted by Gasteiger charge is 2.12. The van der Waals surface area contributed by atoms with Crippen LogP contribution in [0.3, 0.4) is 0 Å². The molecule has 0 amide bonds. The molecule has 0 saturated carbocycles. The molecule has 0 radical (unpaired) electrons. The standard InChI is InChI=1S/C24H25ClN4O2/c1-3-12-28(15-17-4-8-19(25)9-5-17)16-20-13-24(30)29-23(26-20)14-22(27-29)18-6-10-21(31-2)11-7-18/h4-11,13-14,27H,3,12,15-16H2,1-2H3. The molecule has 0 unspecified atom stereocenters. The molecule has 0 spiro atoms. The van der Waals surface area contributed by atoms with E-state index in [2.05, 4.69) is 16.9 Å². The Morgan fingerprint density at radius 2 is 1.81 bits per heavy atom. The normalized spacial score (nSPS) is 11.4. The molecular formula is C24H25ClN4O2. The highest BCUT2D eigenvalue weighted by molar-refractivity contribution is 6.30. The summed E-state index contributed by atoms with van der Waals surface area (Å²) in [6, 6.07) is 19.0. The number of hydrogen-bond donors (Lipinski definition) is 1. The number of aromatic amines is 1. The third kappa shape index (κ3) is 4.98. The van der Waals surface area contributed by atoms with Crippen LogP contribution in [0.4, 0.5) is 0 Å². The van der Waals surface area contributed by atoms with Crippen LogP contribution >= 0.6 is 11.6 Å². The minimum atomic E-state index is -0.122. The monoisotopic (exact) mass is 436 g/mol. The van der Waals surface area contributed by atoms with Crippen LogP contribution in [-0.2, 0) is 13.1 Å². The number of H-pyrrole nitrogens is 1. The Hall–Kier alpha value is -3.09. The van der Waals surface area contributed by atoms with Crippen LogP contribution in [-0.4, -0.2) is 33.2 Å². The molecule has 6 nitrogen and oxygen atoms in total. The molecule has 2 heterocycles. The van der Waals surface area contributed by atoms with E-state index in [4.69, 9.17) is 21.3 Å². The van der Waals surface area contributed by atoms with Crippen molar-refractivity contribution in [3.63, 3.8) is 0 Å². The fourth-order valence-corrected chi connectivity index (χ4v) is 3.77. The number of rotatable bonds is 8. The summed E-state index contributed by atoms with van der Waals surface area (Å²) in [5, 5.41) is 3.87. The Kier molecular flexibility index (Phi) is 6.39. The van der Waals surface area contributed by atoms with Gasteiger partial charge in [0.2, 0.25) is 0 Å². The second kappa shape index (κ2) is 9.37. The van der Waals surface area contributed by atoms with Crippen LogP contribution in [0.5, 0.6) is 5.75 Å². The van der Waals surface area contributed by atoms with Crippen LogP contribution < -0.4 is 10.3 Å². The van der Waals surface area contributed by atoms with Crippen molar-refractivity contribution in [3.8, 4) is 17.0 Å². The molecular weight excluding hydrogens is 412 g/mol. The van der Waals surface area contributed by atoms with Gasteiger partial charge < -0.3 is 4.74 Å². The van der Waals surface area contributed by atoms with Gasteiger partial charge >= 0.3 is 0 Å². The Morgan fingerprint density at radius 1 is 1.06 bits per heavy atom. The predicted octanol–water partition coefficient (Wildman–Crippen LogP) is 4.76. The summed E-state index contributed by atoms with van der Waals surface area (Å²) >= 11 is 6.00. The largest absolute Gasteiger partial charge is 0.497 e. The maximum Gasteiger partial charge on any atom is 0.272 e. The highest BCUT2D eigenvalue weighted by Crippen LogP contribution is 2.22. The van der Waals surface area contributed by atoms with Gasteiger partial charge in [0.1, 0.15) is 5.75 Å². The molecule has 2 aromatic carbocycles. The number of methoxy groups -OCH3 is 1. The van der Waals surface area contributed by atoms with Crippen LogP contribution in [0.15, 0.2) is 65.5 Å². The molecule has 4 rings (SSSR count). The predicted molar refractivity (Wildman–Crippen MR) is 124 cm³/mol. The number of benzene rings is 2. The minimum Gasteiger partial charge on any atom is -0.497 e. The molecule has 160 valence electrons. The van der Waals surface area contributed by atoms with E-state index in [1.807, 2.05) is 54.6 Å². The second-order valence-electron chi connectivity index (χ2n) is 7.51. The van der Waals surface area contributed by atoms with E-state index in [0.717, 1.165) is 47.2 Å². The zero-order chi connectivity index (χ0) is 21.8. The number of nitrogens with one attached hydrogen (secondary N) is 1. The lowest BCUT2D eigenvalue weighted by atomic mass is 10.1. The first-order valence-electron chi connectivity index (χ1n) is 10.3. The van der Waals surface area contributed by atoms with E-state index < -0.39 is 0 Å². The average molecular weight is 437 g/mol. The molecule has 0 aliphatic heterocycles. The lowest BCUT2D eigenvalue weighted by Gasteiger charge is -2.21. The molecule has 1 N–H and O–H groups in total. The highest BCUT2D eigenvalue weighted by atomic mass is 35.5. The SMILES string of the molecule is CCCN(Cc1ccc(Cl)cc1)Cc1cc(=O)n2[nH]c(-c3ccc(OC)cc3)cc2n1. The van der Waals surface area contributed by atoms with E-state index in [9.17, 15) is 4.79 Å². The minimum absolute atomic E-state index is 0.122. The summed E-state index contributed by atoms with van der Waals surface area (Å²) in [6.45, 7) is 4.43. The molecule has 0 bridgehead atoms. The third-order valence-electron chi connectivity index (χ3n) is 5.15. The molecule has 0 aliphatic carbocycles. The van der Waals surface area contributed by atoms with E-state index in [-0.39, 0.29) is 5.56 Å². The van der Waals surface area contributed by atoms with Crippen LogP contribution in [0.2, 0.25) is 5.02 Å². The first-order chi connectivity index (χ1) is 15.1. The third-order valence-corrected chi connectivity index (χ3v) is 5.40. The van der Waals surface area contributed by atoms with Gasteiger partial charge in [0.15, 0.2) is 5.65 Å². The summed E-state index contributed by atoms with van der Waals surface area (Å²) < 4.78 is 6.69. The number of hydrogen-bond acceptors (Lipinski definition) is 4. The van der Waals surface area contributed by atoms with Crippen LogP contribution in [0, 0.1) is 0 Å². The van der Waals surface area contributed by atoms with Crippen molar-refractivity contribution in [2.75, 3.05) is 13.7 Å². The van der Waals surface area contributed by atoms with Crippen molar-refractivity contribution in [3.05, 3.63) is 87.3 Å². The molecule has 0 fully saturated rings. The van der Waals surface area contributed by atoms with E-state index >= 15 is 0 Å². The second-order valence-corrected chi connectivity index (χ2v) is 7.95. The summed E-state index contributed by atoms with van der Waals surface area (Å²) in [5.74, 6) is 0.786.